The van der Waals surface area contributed by atoms with Crippen LogP contribution in [0.3, 0.4) is 0 Å². The van der Waals surface area contributed by atoms with E-state index in [1.54, 1.807) is 18.7 Å². The second kappa shape index (κ2) is 5.14. The highest BCUT2D eigenvalue weighted by atomic mass is 28.3. The first-order valence-electron chi connectivity index (χ1n) is 4.37. The number of nitrogens with zero attached hydrogens (tertiary/aromatic N) is 1. The summed E-state index contributed by atoms with van der Waals surface area (Å²) < 4.78 is 0. The zero-order chi connectivity index (χ0) is 9.61. The van der Waals surface area contributed by atoms with Crippen molar-refractivity contribution < 1.29 is 0 Å². The highest BCUT2D eigenvalue weighted by molar-refractivity contribution is 6.59. The molecule has 0 radical (unpaired) electrons. The molecule has 0 saturated heterocycles. The van der Waals surface area contributed by atoms with E-state index in [1.165, 1.54) is 0 Å². The lowest BCUT2D eigenvalue weighted by Gasteiger charge is -2.21. The van der Waals surface area contributed by atoms with Crippen LogP contribution in [-0.2, 0) is 0 Å². The number of nitrogens with one attached hydrogen (secondary N) is 1. The Morgan fingerprint density at radius 2 is 1.75 bits per heavy atom. The molecule has 0 amide bonds. The highest BCUT2D eigenvalue weighted by Crippen LogP contribution is 2.25. The van der Waals surface area contributed by atoms with Gasteiger partial charge in [-0.2, -0.15) is 0 Å². The molecule has 0 saturated carbocycles. The second-order valence-corrected chi connectivity index (χ2v) is 8.32. The molecule has 0 aliphatic heterocycles. The van der Waals surface area contributed by atoms with Crippen molar-refractivity contribution in [3.05, 3.63) is 18.7 Å². The molecule has 0 aromatic carbocycles. The first kappa shape index (κ1) is 11.4. The summed E-state index contributed by atoms with van der Waals surface area (Å²) in [6, 6.07) is 0. The summed E-state index contributed by atoms with van der Waals surface area (Å²) in [5.74, 6) is 0. The van der Waals surface area contributed by atoms with Crippen LogP contribution in [-0.4, -0.2) is 18.8 Å². The number of imidazole rings is 1. The van der Waals surface area contributed by atoms with Crippen LogP contribution < -0.4 is 0 Å². The average Bonchev–Trinajstić information content (AvgIpc) is 2.39. The van der Waals surface area contributed by atoms with Crippen molar-refractivity contribution in [2.24, 2.45) is 0 Å². The standard InChI is InChI=1S/C6H16Si.C3H4N2/c1-6(2,3)7(4)5;1-2-5-3-4-1/h7H,1-5H3;1-3H,(H,4,5). The SMILES string of the molecule is C[SiH](C)C(C)(C)C.c1c[nH]cn1. The van der Waals surface area contributed by atoms with E-state index in [9.17, 15) is 0 Å². The zero-order valence-electron chi connectivity index (χ0n) is 8.76. The van der Waals surface area contributed by atoms with E-state index in [2.05, 4.69) is 43.8 Å². The molecule has 0 bridgehead atoms. The lowest BCUT2D eigenvalue weighted by molar-refractivity contribution is 0.742. The van der Waals surface area contributed by atoms with Crippen molar-refractivity contribution in [3.8, 4) is 0 Å². The van der Waals surface area contributed by atoms with Crippen LogP contribution in [0.25, 0.3) is 0 Å². The van der Waals surface area contributed by atoms with Gasteiger partial charge in [0.1, 0.15) is 0 Å². The summed E-state index contributed by atoms with van der Waals surface area (Å²) in [5.41, 5.74) is 0. The Balaban J connectivity index is 0.000000211. The van der Waals surface area contributed by atoms with E-state index in [-0.39, 0.29) is 8.80 Å². The van der Waals surface area contributed by atoms with Gasteiger partial charge in [-0.15, -0.1) is 0 Å². The third kappa shape index (κ3) is 6.16. The Hall–Kier alpha value is -0.573. The summed E-state index contributed by atoms with van der Waals surface area (Å²) in [5, 5.41) is 0.639. The number of rotatable bonds is 0. The molecule has 0 fully saturated rings. The molecular weight excluding hydrogens is 164 g/mol. The molecule has 12 heavy (non-hydrogen) atoms. The van der Waals surface area contributed by atoms with E-state index in [0.717, 1.165) is 0 Å². The Bertz CT molecular complexity index is 158. The molecule has 3 heteroatoms. The van der Waals surface area contributed by atoms with Gasteiger partial charge in [0.25, 0.3) is 0 Å². The van der Waals surface area contributed by atoms with Crippen molar-refractivity contribution in [1.82, 2.24) is 9.97 Å². The van der Waals surface area contributed by atoms with Crippen molar-refractivity contribution in [2.45, 2.75) is 38.9 Å². The average molecular weight is 184 g/mol. The van der Waals surface area contributed by atoms with Crippen LogP contribution >= 0.6 is 0 Å². The van der Waals surface area contributed by atoms with Gasteiger partial charge in [0, 0.05) is 21.2 Å². The van der Waals surface area contributed by atoms with Crippen molar-refractivity contribution in [2.75, 3.05) is 0 Å². The van der Waals surface area contributed by atoms with Crippen LogP contribution in [0, 0.1) is 0 Å². The predicted octanol–water partition coefficient (Wildman–Crippen LogP) is 2.68. The van der Waals surface area contributed by atoms with Crippen LogP contribution in [0.1, 0.15) is 20.8 Å². The molecule has 0 spiro atoms. The molecule has 0 aliphatic carbocycles. The Morgan fingerprint density at radius 3 is 1.83 bits per heavy atom. The normalized spacial score (nSPS) is 10.8. The maximum atomic E-state index is 3.67. The minimum atomic E-state index is -0.359. The molecule has 0 unspecified atom stereocenters. The van der Waals surface area contributed by atoms with Gasteiger partial charge in [0.05, 0.1) is 6.33 Å². The molecule has 1 rings (SSSR count). The van der Waals surface area contributed by atoms with Gasteiger partial charge in [-0.3, -0.25) is 0 Å². The summed E-state index contributed by atoms with van der Waals surface area (Å²) in [7, 11) is -0.359. The largest absolute Gasteiger partial charge is 0.351 e. The molecular formula is C9H20N2Si. The molecule has 1 aromatic heterocycles. The maximum Gasteiger partial charge on any atom is 0.0919 e. The molecule has 1 N–H and O–H groups in total. The highest BCUT2D eigenvalue weighted by Gasteiger charge is 2.15. The molecule has 70 valence electrons. The van der Waals surface area contributed by atoms with Gasteiger partial charge in [-0.1, -0.05) is 33.9 Å². The van der Waals surface area contributed by atoms with E-state index >= 15 is 0 Å². The summed E-state index contributed by atoms with van der Waals surface area (Å²) in [6.07, 6.45) is 5.08. The smallest absolute Gasteiger partial charge is 0.0919 e. The first-order chi connectivity index (χ1) is 5.44. The van der Waals surface area contributed by atoms with Crippen LogP contribution in [0.5, 0.6) is 0 Å². The van der Waals surface area contributed by atoms with E-state index in [1.807, 2.05) is 0 Å². The Morgan fingerprint density at radius 1 is 1.25 bits per heavy atom. The van der Waals surface area contributed by atoms with Gasteiger partial charge < -0.3 is 4.98 Å². The lowest BCUT2D eigenvalue weighted by Crippen LogP contribution is -2.16. The molecule has 2 nitrogen and oxygen atoms in total. The van der Waals surface area contributed by atoms with E-state index in [4.69, 9.17) is 0 Å². The number of aromatic amines is 1. The van der Waals surface area contributed by atoms with Crippen LogP contribution in [0.2, 0.25) is 18.1 Å². The summed E-state index contributed by atoms with van der Waals surface area (Å²) in [6.45, 7) is 11.7. The number of H-pyrrole nitrogens is 1. The fraction of sp³-hybridized carbons (Fsp3) is 0.667. The quantitative estimate of drug-likeness (QED) is 0.617. The lowest BCUT2D eigenvalue weighted by atomic mass is 10.2. The van der Waals surface area contributed by atoms with Gasteiger partial charge in [0.15, 0.2) is 0 Å². The molecule has 1 aromatic rings. The van der Waals surface area contributed by atoms with Gasteiger partial charge in [0.2, 0.25) is 0 Å². The fourth-order valence-electron chi connectivity index (χ4n) is 0.215. The van der Waals surface area contributed by atoms with Gasteiger partial charge in [-0.25, -0.2) is 4.98 Å². The van der Waals surface area contributed by atoms with E-state index in [0.29, 0.717) is 5.04 Å². The topological polar surface area (TPSA) is 28.7 Å². The zero-order valence-corrected chi connectivity index (χ0v) is 9.91. The third-order valence-corrected chi connectivity index (χ3v) is 5.60. The monoisotopic (exact) mass is 184 g/mol. The minimum absolute atomic E-state index is 0.359. The molecule has 0 aliphatic rings. The predicted molar refractivity (Wildman–Crippen MR) is 57.2 cm³/mol. The minimum Gasteiger partial charge on any atom is -0.351 e. The third-order valence-electron chi connectivity index (χ3n) is 2.14. The van der Waals surface area contributed by atoms with Crippen molar-refractivity contribution in [3.63, 3.8) is 0 Å². The number of hydrogen-bond acceptors (Lipinski definition) is 1. The number of aromatic nitrogens is 2. The van der Waals surface area contributed by atoms with Crippen LogP contribution in [0.15, 0.2) is 18.7 Å². The maximum absolute atomic E-state index is 3.67. The molecule has 1 heterocycles. The molecule has 0 atom stereocenters. The van der Waals surface area contributed by atoms with E-state index < -0.39 is 0 Å². The Labute approximate surface area is 77.0 Å². The van der Waals surface area contributed by atoms with Crippen molar-refractivity contribution in [1.29, 1.82) is 0 Å². The van der Waals surface area contributed by atoms with Gasteiger partial charge in [-0.05, 0) is 5.04 Å². The second-order valence-electron chi connectivity index (χ2n) is 4.28. The summed E-state index contributed by atoms with van der Waals surface area (Å²) in [4.78, 5) is 6.42. The number of hydrogen-bond donors (Lipinski definition) is 1. The van der Waals surface area contributed by atoms with Crippen molar-refractivity contribution >= 4 is 8.80 Å². The van der Waals surface area contributed by atoms with Crippen LogP contribution in [0.4, 0.5) is 0 Å². The first-order valence-corrected chi connectivity index (χ1v) is 7.26. The van der Waals surface area contributed by atoms with Gasteiger partial charge >= 0.3 is 0 Å². The summed E-state index contributed by atoms with van der Waals surface area (Å²) >= 11 is 0. The Kier molecular flexibility index (Phi) is 4.89. The fourth-order valence-corrected chi connectivity index (χ4v) is 0.215.